The third kappa shape index (κ3) is 8.91. The fourth-order valence-electron chi connectivity index (χ4n) is 4.82. The predicted octanol–water partition coefficient (Wildman–Crippen LogP) is 2.49. The SMILES string of the molecule is CC(C)(Oc1ccc(Cl)cc1)C(=O)CN1C(=O)CN(CCN2CC(=O)N(CC(=O)C(C)(C)Oc3ccc(Cl)cc3)C(=O)C2)CC1=O. The van der Waals surface area contributed by atoms with E-state index in [1.807, 2.05) is 0 Å². The Labute approximate surface area is 277 Å². The summed E-state index contributed by atoms with van der Waals surface area (Å²) in [7, 11) is 0. The number of Topliss-reactive ketones (excluding diaryl/α,β-unsaturated/α-hetero) is 2. The summed E-state index contributed by atoms with van der Waals surface area (Å²) in [6.45, 7) is 5.37. The smallest absolute Gasteiger partial charge is 0.243 e. The van der Waals surface area contributed by atoms with Gasteiger partial charge in [0.2, 0.25) is 23.6 Å². The monoisotopic (exact) mass is 674 g/mol. The quantitative estimate of drug-likeness (QED) is 0.292. The molecule has 2 heterocycles. The van der Waals surface area contributed by atoms with Crippen molar-refractivity contribution in [3.63, 3.8) is 0 Å². The van der Waals surface area contributed by atoms with Crippen molar-refractivity contribution in [2.24, 2.45) is 0 Å². The maximum atomic E-state index is 13.0. The molecule has 0 atom stereocenters. The molecule has 246 valence electrons. The van der Waals surface area contributed by atoms with Crippen LogP contribution in [-0.4, -0.2) is 118 Å². The summed E-state index contributed by atoms with van der Waals surface area (Å²) in [6.07, 6.45) is 0. The molecule has 46 heavy (non-hydrogen) atoms. The van der Waals surface area contributed by atoms with Gasteiger partial charge in [0.1, 0.15) is 11.5 Å². The van der Waals surface area contributed by atoms with Crippen LogP contribution < -0.4 is 9.47 Å². The van der Waals surface area contributed by atoms with Crippen LogP contribution in [0.25, 0.3) is 0 Å². The molecule has 2 aromatic carbocycles. The lowest BCUT2D eigenvalue weighted by Gasteiger charge is -2.37. The number of carbonyl (C=O) groups is 6. The number of carbonyl (C=O) groups excluding carboxylic acids is 6. The molecule has 2 aromatic rings. The fourth-order valence-corrected chi connectivity index (χ4v) is 5.08. The zero-order valence-corrected chi connectivity index (χ0v) is 27.6. The number of amides is 4. The Morgan fingerprint density at radius 2 is 0.870 bits per heavy atom. The fraction of sp³-hybridized carbons (Fsp3) is 0.438. The highest BCUT2D eigenvalue weighted by molar-refractivity contribution is 6.30. The van der Waals surface area contributed by atoms with Crippen molar-refractivity contribution in [3.05, 3.63) is 58.6 Å². The summed E-state index contributed by atoms with van der Waals surface area (Å²) in [5, 5.41) is 1.03. The van der Waals surface area contributed by atoms with E-state index in [9.17, 15) is 28.8 Å². The van der Waals surface area contributed by atoms with Gasteiger partial charge >= 0.3 is 0 Å². The average Bonchev–Trinajstić information content (AvgIpc) is 2.97. The second-order valence-electron chi connectivity index (χ2n) is 12.1. The van der Waals surface area contributed by atoms with Gasteiger partial charge in [-0.1, -0.05) is 23.2 Å². The van der Waals surface area contributed by atoms with E-state index >= 15 is 0 Å². The molecule has 12 nitrogen and oxygen atoms in total. The molecule has 4 amide bonds. The molecule has 0 saturated carbocycles. The first-order chi connectivity index (χ1) is 21.5. The molecular weight excluding hydrogens is 639 g/mol. The Balaban J connectivity index is 1.24. The molecule has 0 aliphatic carbocycles. The van der Waals surface area contributed by atoms with E-state index in [0.29, 0.717) is 21.5 Å². The zero-order valence-electron chi connectivity index (χ0n) is 26.1. The number of ketones is 2. The lowest BCUT2D eigenvalue weighted by molar-refractivity contribution is -0.157. The van der Waals surface area contributed by atoms with Gasteiger partial charge in [-0.2, -0.15) is 0 Å². The number of hydrogen-bond acceptors (Lipinski definition) is 10. The number of imide groups is 2. The largest absolute Gasteiger partial charge is 0.480 e. The maximum Gasteiger partial charge on any atom is 0.243 e. The first-order valence-electron chi connectivity index (χ1n) is 14.6. The van der Waals surface area contributed by atoms with E-state index in [0.717, 1.165) is 9.80 Å². The van der Waals surface area contributed by atoms with Crippen molar-refractivity contribution in [1.29, 1.82) is 0 Å². The Morgan fingerprint density at radius 1 is 0.587 bits per heavy atom. The average molecular weight is 676 g/mol. The maximum absolute atomic E-state index is 13.0. The number of halogens is 2. The summed E-state index contributed by atoms with van der Waals surface area (Å²) in [5.41, 5.74) is -2.62. The van der Waals surface area contributed by atoms with Crippen molar-refractivity contribution in [1.82, 2.24) is 19.6 Å². The number of benzene rings is 2. The zero-order chi connectivity index (χ0) is 33.8. The van der Waals surface area contributed by atoms with Gasteiger partial charge < -0.3 is 9.47 Å². The van der Waals surface area contributed by atoms with E-state index in [4.69, 9.17) is 32.7 Å². The molecule has 0 N–H and O–H groups in total. The normalized spacial score (nSPS) is 17.0. The summed E-state index contributed by atoms with van der Waals surface area (Å²) in [6, 6.07) is 13.0. The van der Waals surface area contributed by atoms with E-state index in [1.165, 1.54) is 0 Å². The molecule has 2 fully saturated rings. The molecule has 14 heteroatoms. The third-order valence-corrected chi connectivity index (χ3v) is 8.20. The Bertz CT molecular complexity index is 1360. The number of nitrogens with zero attached hydrogens (tertiary/aromatic N) is 4. The Kier molecular flexibility index (Phi) is 10.9. The predicted molar refractivity (Wildman–Crippen MR) is 169 cm³/mol. The molecule has 0 spiro atoms. The standard InChI is InChI=1S/C32H36Cl2N4O8/c1-31(2,45-23-9-5-21(33)6-10-23)25(39)15-37-27(41)17-35(18-28(37)42)13-14-36-19-29(43)38(30(44)20-36)16-26(40)32(3,4)46-24-11-7-22(34)8-12-24/h5-12H,13-20H2,1-4H3. The third-order valence-electron chi connectivity index (χ3n) is 7.69. The van der Waals surface area contributed by atoms with Crippen molar-refractivity contribution in [2.75, 3.05) is 52.4 Å². The molecule has 0 bridgehead atoms. The minimum absolute atomic E-state index is 0.115. The summed E-state index contributed by atoms with van der Waals surface area (Å²) in [5.74, 6) is -2.21. The Hall–Kier alpha value is -3.84. The van der Waals surface area contributed by atoms with Crippen molar-refractivity contribution >= 4 is 58.4 Å². The summed E-state index contributed by atoms with van der Waals surface area (Å²) >= 11 is 11.8. The van der Waals surface area contributed by atoms with Crippen LogP contribution in [0.3, 0.4) is 0 Å². The molecule has 2 aliphatic heterocycles. The van der Waals surface area contributed by atoms with E-state index in [1.54, 1.807) is 86.0 Å². The molecule has 0 unspecified atom stereocenters. The molecule has 0 aromatic heterocycles. The van der Waals surface area contributed by atoms with Crippen LogP contribution in [0.5, 0.6) is 11.5 Å². The summed E-state index contributed by atoms with van der Waals surface area (Å²) < 4.78 is 11.6. The van der Waals surface area contributed by atoms with Gasteiger partial charge in [0.15, 0.2) is 22.8 Å². The second-order valence-corrected chi connectivity index (χ2v) is 13.0. The van der Waals surface area contributed by atoms with Gasteiger partial charge in [0.05, 0.1) is 39.3 Å². The molecule has 4 rings (SSSR count). The van der Waals surface area contributed by atoms with Crippen LogP contribution in [0.4, 0.5) is 0 Å². The van der Waals surface area contributed by atoms with Gasteiger partial charge in [0, 0.05) is 23.1 Å². The van der Waals surface area contributed by atoms with Crippen molar-refractivity contribution < 1.29 is 38.2 Å². The number of hydrogen-bond donors (Lipinski definition) is 0. The van der Waals surface area contributed by atoms with E-state index in [2.05, 4.69) is 0 Å². The minimum atomic E-state index is -1.31. The van der Waals surface area contributed by atoms with Crippen LogP contribution in [-0.2, 0) is 28.8 Å². The van der Waals surface area contributed by atoms with Crippen LogP contribution in [0.15, 0.2) is 48.5 Å². The lowest BCUT2D eigenvalue weighted by atomic mass is 10.0. The van der Waals surface area contributed by atoms with Gasteiger partial charge in [0.25, 0.3) is 0 Å². The highest BCUT2D eigenvalue weighted by Crippen LogP contribution is 2.24. The topological polar surface area (TPSA) is 134 Å². The van der Waals surface area contributed by atoms with Crippen LogP contribution in [0.2, 0.25) is 10.0 Å². The summed E-state index contributed by atoms with van der Waals surface area (Å²) in [4.78, 5) is 82.5. The molecule has 2 aliphatic rings. The van der Waals surface area contributed by atoms with E-state index in [-0.39, 0.29) is 39.3 Å². The number of piperazine rings is 2. The first-order valence-corrected chi connectivity index (χ1v) is 15.4. The van der Waals surface area contributed by atoms with E-state index < -0.39 is 59.5 Å². The van der Waals surface area contributed by atoms with Crippen LogP contribution >= 0.6 is 23.2 Å². The highest BCUT2D eigenvalue weighted by atomic mass is 35.5. The molecule has 2 saturated heterocycles. The minimum Gasteiger partial charge on any atom is -0.480 e. The van der Waals surface area contributed by atoms with Gasteiger partial charge in [-0.25, -0.2) is 0 Å². The molecule has 0 radical (unpaired) electrons. The van der Waals surface area contributed by atoms with Crippen molar-refractivity contribution in [3.8, 4) is 11.5 Å². The Morgan fingerprint density at radius 3 is 1.15 bits per heavy atom. The van der Waals surface area contributed by atoms with Crippen LogP contribution in [0, 0.1) is 0 Å². The number of rotatable bonds is 13. The van der Waals surface area contributed by atoms with Crippen molar-refractivity contribution in [2.45, 2.75) is 38.9 Å². The van der Waals surface area contributed by atoms with Gasteiger partial charge in [-0.15, -0.1) is 0 Å². The highest BCUT2D eigenvalue weighted by Gasteiger charge is 2.39. The van der Waals surface area contributed by atoms with Crippen LogP contribution in [0.1, 0.15) is 27.7 Å². The lowest BCUT2D eigenvalue weighted by Crippen LogP contribution is -2.60. The first kappa shape index (κ1) is 35.0. The second kappa shape index (κ2) is 14.3. The van der Waals surface area contributed by atoms with Gasteiger partial charge in [-0.3, -0.25) is 48.4 Å². The molecular formula is C32H36Cl2N4O8. The van der Waals surface area contributed by atoms with Gasteiger partial charge in [-0.05, 0) is 76.2 Å². The number of ether oxygens (including phenoxy) is 2.